The van der Waals surface area contributed by atoms with Gasteiger partial charge in [-0.2, -0.15) is 0 Å². The maximum atomic E-state index is 10.8. The van der Waals surface area contributed by atoms with E-state index in [-0.39, 0.29) is 13.0 Å². The van der Waals surface area contributed by atoms with Gasteiger partial charge in [0.05, 0.1) is 31.1 Å². The highest BCUT2D eigenvalue weighted by atomic mass is 32.1. The molecule has 2 aliphatic heterocycles. The van der Waals surface area contributed by atoms with Crippen LogP contribution in [0.15, 0.2) is 59.6 Å². The quantitative estimate of drug-likeness (QED) is 0.555. The van der Waals surface area contributed by atoms with E-state index >= 15 is 0 Å². The lowest BCUT2D eigenvalue weighted by Crippen LogP contribution is -2.45. The van der Waals surface area contributed by atoms with Gasteiger partial charge in [-0.15, -0.1) is 11.3 Å². The Morgan fingerprint density at radius 2 is 2.00 bits per heavy atom. The summed E-state index contributed by atoms with van der Waals surface area (Å²) in [6.07, 6.45) is 1.71. The van der Waals surface area contributed by atoms with E-state index in [1.54, 1.807) is 11.3 Å². The zero-order chi connectivity index (χ0) is 22.2. The predicted octanol–water partition coefficient (Wildman–Crippen LogP) is 3.70. The van der Waals surface area contributed by atoms with E-state index in [0.29, 0.717) is 6.54 Å². The average Bonchev–Trinajstić information content (AvgIpc) is 3.46. The molecule has 32 heavy (non-hydrogen) atoms. The van der Waals surface area contributed by atoms with Gasteiger partial charge in [-0.1, -0.05) is 30.3 Å². The first-order valence-corrected chi connectivity index (χ1v) is 11.8. The largest absolute Gasteiger partial charge is 0.394 e. The van der Waals surface area contributed by atoms with Crippen molar-refractivity contribution in [3.05, 3.63) is 81.7 Å². The molecule has 0 aliphatic carbocycles. The number of hydrogen-bond acceptors (Lipinski definition) is 6. The number of aliphatic imine (C=N–C) groups is 1. The summed E-state index contributed by atoms with van der Waals surface area (Å²) >= 11 is 1.79. The van der Waals surface area contributed by atoms with Crippen molar-refractivity contribution in [2.45, 2.75) is 44.2 Å². The molecule has 0 unspecified atom stereocenters. The number of aliphatic hydroxyl groups is 3. The van der Waals surface area contributed by atoms with E-state index in [1.807, 2.05) is 12.2 Å². The summed E-state index contributed by atoms with van der Waals surface area (Å²) in [5.74, 6) is 0. The van der Waals surface area contributed by atoms with Gasteiger partial charge in [0, 0.05) is 28.0 Å². The van der Waals surface area contributed by atoms with Crippen LogP contribution in [0.5, 0.6) is 0 Å². The maximum Gasteiger partial charge on any atom is 0.112 e. The average molecular weight is 450 g/mol. The Morgan fingerprint density at radius 3 is 2.75 bits per heavy atom. The van der Waals surface area contributed by atoms with Crippen molar-refractivity contribution in [1.82, 2.24) is 0 Å². The van der Waals surface area contributed by atoms with Gasteiger partial charge in [-0.05, 0) is 53.3 Å². The minimum absolute atomic E-state index is 0.197. The first-order chi connectivity index (χ1) is 15.5. The Kier molecular flexibility index (Phi) is 5.97. The molecule has 1 saturated heterocycles. The molecule has 1 fully saturated rings. The molecule has 0 spiro atoms. The van der Waals surface area contributed by atoms with Gasteiger partial charge in [-0.25, -0.2) is 0 Å². The molecule has 6 heteroatoms. The van der Waals surface area contributed by atoms with Crippen LogP contribution in [0.2, 0.25) is 0 Å². The number of nitrogens with zero attached hydrogens (tertiary/aromatic N) is 1. The molecular weight excluding hydrogens is 422 g/mol. The number of aryl methyl sites for hydroxylation is 1. The Labute approximate surface area is 191 Å². The number of hydrogen-bond donors (Lipinski definition) is 3. The number of allylic oxidation sites excluding steroid dienone is 1. The van der Waals surface area contributed by atoms with E-state index in [2.05, 4.69) is 54.4 Å². The molecule has 0 saturated carbocycles. The second-order valence-corrected chi connectivity index (χ2v) is 9.74. The minimum atomic E-state index is -1.07. The number of benzene rings is 2. The van der Waals surface area contributed by atoms with E-state index in [9.17, 15) is 15.3 Å². The third kappa shape index (κ3) is 4.05. The number of thiophene rings is 1. The standard InChI is InChI=1S/C26H27NO4S/c1-15-9-20(22-6-4-8-27-22)21(26-25(30)23(29)13-18(14-28)31-26)12-17(15)11-19-10-16-5-2-3-7-24(16)32-19/h2-7,9-10,12,18,23,25-26,28-30H,8,11,13-14H2,1H3/t18-,23-,25+,26-/m0/s1. The first-order valence-electron chi connectivity index (χ1n) is 11.0. The highest BCUT2D eigenvalue weighted by molar-refractivity contribution is 7.19. The monoisotopic (exact) mass is 449 g/mol. The van der Waals surface area contributed by atoms with Crippen molar-refractivity contribution in [3.63, 3.8) is 0 Å². The van der Waals surface area contributed by atoms with Gasteiger partial charge < -0.3 is 20.1 Å². The van der Waals surface area contributed by atoms with E-state index < -0.39 is 24.4 Å². The topological polar surface area (TPSA) is 82.3 Å². The van der Waals surface area contributed by atoms with Crippen LogP contribution in [0, 0.1) is 6.92 Å². The second-order valence-electron chi connectivity index (χ2n) is 8.58. The van der Waals surface area contributed by atoms with E-state index in [0.717, 1.165) is 34.4 Å². The summed E-state index contributed by atoms with van der Waals surface area (Å²) in [5.41, 5.74) is 4.86. The molecule has 0 amide bonds. The Morgan fingerprint density at radius 1 is 1.16 bits per heavy atom. The van der Waals surface area contributed by atoms with Crippen molar-refractivity contribution in [2.75, 3.05) is 13.2 Å². The molecule has 0 bridgehead atoms. The Balaban J connectivity index is 1.57. The maximum absolute atomic E-state index is 10.8. The number of ether oxygens (including phenoxy) is 1. The zero-order valence-electron chi connectivity index (χ0n) is 17.9. The molecule has 166 valence electrons. The summed E-state index contributed by atoms with van der Waals surface area (Å²) in [4.78, 5) is 5.85. The van der Waals surface area contributed by atoms with Crippen molar-refractivity contribution >= 4 is 27.1 Å². The van der Waals surface area contributed by atoms with E-state index in [1.165, 1.54) is 15.0 Å². The minimum Gasteiger partial charge on any atom is -0.394 e. The second kappa shape index (κ2) is 8.89. The molecule has 2 aliphatic rings. The van der Waals surface area contributed by atoms with E-state index in [4.69, 9.17) is 4.74 Å². The van der Waals surface area contributed by atoms with Crippen LogP contribution in [-0.4, -0.2) is 52.5 Å². The van der Waals surface area contributed by atoms with Crippen LogP contribution in [-0.2, 0) is 11.2 Å². The summed E-state index contributed by atoms with van der Waals surface area (Å²) in [5, 5.41) is 32.1. The van der Waals surface area contributed by atoms with Crippen molar-refractivity contribution in [2.24, 2.45) is 4.99 Å². The van der Waals surface area contributed by atoms with Gasteiger partial charge in [0.1, 0.15) is 12.2 Å². The van der Waals surface area contributed by atoms with Gasteiger partial charge >= 0.3 is 0 Å². The molecule has 2 aromatic carbocycles. The molecule has 4 atom stereocenters. The third-order valence-corrected chi connectivity index (χ3v) is 7.44. The molecule has 5 nitrogen and oxygen atoms in total. The SMILES string of the molecule is Cc1cc(C2=NCC=C2)c([C@@H]2O[C@H](CO)C[C@H](O)[C@H]2O)cc1Cc1cc2ccccc2s1. The lowest BCUT2D eigenvalue weighted by atomic mass is 9.86. The lowest BCUT2D eigenvalue weighted by molar-refractivity contribution is -0.179. The van der Waals surface area contributed by atoms with Crippen molar-refractivity contribution in [1.29, 1.82) is 0 Å². The number of fused-ring (bicyclic) bond motifs is 1. The van der Waals surface area contributed by atoms with Crippen LogP contribution in [0.1, 0.15) is 39.7 Å². The van der Waals surface area contributed by atoms with Crippen molar-refractivity contribution < 1.29 is 20.1 Å². The molecular formula is C26H27NO4S. The van der Waals surface area contributed by atoms with Crippen molar-refractivity contribution in [3.8, 4) is 0 Å². The molecule has 3 N–H and O–H groups in total. The van der Waals surface area contributed by atoms with Gasteiger partial charge in [0.25, 0.3) is 0 Å². The zero-order valence-corrected chi connectivity index (χ0v) is 18.8. The summed E-state index contributed by atoms with van der Waals surface area (Å²) < 4.78 is 7.33. The fourth-order valence-corrected chi connectivity index (χ4v) is 5.69. The Bertz CT molecular complexity index is 1160. The fourth-order valence-electron chi connectivity index (χ4n) is 4.60. The van der Waals surface area contributed by atoms with Crippen LogP contribution >= 0.6 is 11.3 Å². The molecule has 5 rings (SSSR count). The Hall–Kier alpha value is -2.35. The fraction of sp³-hybridized carbons (Fsp3) is 0.346. The summed E-state index contributed by atoms with van der Waals surface area (Å²) in [7, 11) is 0. The highest BCUT2D eigenvalue weighted by Crippen LogP contribution is 2.37. The molecule has 1 aromatic heterocycles. The molecule has 3 heterocycles. The van der Waals surface area contributed by atoms with Crippen LogP contribution in [0.4, 0.5) is 0 Å². The molecule has 3 aromatic rings. The number of rotatable bonds is 5. The molecule has 0 radical (unpaired) electrons. The number of aliphatic hydroxyl groups excluding tert-OH is 3. The highest BCUT2D eigenvalue weighted by Gasteiger charge is 2.39. The summed E-state index contributed by atoms with van der Waals surface area (Å²) in [6.45, 7) is 2.53. The van der Waals surface area contributed by atoms with Gasteiger partial charge in [0.2, 0.25) is 0 Å². The predicted molar refractivity (Wildman–Crippen MR) is 128 cm³/mol. The van der Waals surface area contributed by atoms with Gasteiger partial charge in [0.15, 0.2) is 0 Å². The van der Waals surface area contributed by atoms with Crippen LogP contribution < -0.4 is 0 Å². The third-order valence-electron chi connectivity index (χ3n) is 6.33. The van der Waals surface area contributed by atoms with Gasteiger partial charge in [-0.3, -0.25) is 4.99 Å². The normalized spacial score (nSPS) is 25.4. The van der Waals surface area contributed by atoms with Crippen LogP contribution in [0.3, 0.4) is 0 Å². The lowest BCUT2D eigenvalue weighted by Gasteiger charge is -2.37. The smallest absolute Gasteiger partial charge is 0.112 e. The summed E-state index contributed by atoms with van der Waals surface area (Å²) in [6, 6.07) is 14.8. The first kappa shape index (κ1) is 21.5. The van der Waals surface area contributed by atoms with Crippen LogP contribution in [0.25, 0.3) is 10.1 Å².